The molecule has 4 rings (SSSR count). The van der Waals surface area contributed by atoms with E-state index in [4.69, 9.17) is 4.74 Å². The molecule has 0 radical (unpaired) electrons. The molecule has 0 unspecified atom stereocenters. The van der Waals surface area contributed by atoms with Gasteiger partial charge in [-0.2, -0.15) is 4.39 Å². The second kappa shape index (κ2) is 11.6. The highest BCUT2D eigenvalue weighted by Crippen LogP contribution is 2.40. The number of hydrogen-bond donors (Lipinski definition) is 1. The number of aliphatic hydroxyl groups is 1. The molecule has 35 heavy (non-hydrogen) atoms. The van der Waals surface area contributed by atoms with Crippen molar-refractivity contribution in [1.82, 2.24) is 0 Å². The Bertz CT molecular complexity index is 1040. The lowest BCUT2D eigenvalue weighted by atomic mass is 9.78. The molecule has 0 amide bonds. The Morgan fingerprint density at radius 2 is 1.34 bits per heavy atom. The summed E-state index contributed by atoms with van der Waals surface area (Å²) in [5.74, 6) is -3.05. The topological polar surface area (TPSA) is 29.5 Å². The van der Waals surface area contributed by atoms with Crippen molar-refractivity contribution in [3.63, 3.8) is 0 Å². The van der Waals surface area contributed by atoms with Gasteiger partial charge in [-0.25, -0.2) is 13.2 Å². The van der Waals surface area contributed by atoms with Crippen molar-refractivity contribution in [3.8, 4) is 5.75 Å². The van der Waals surface area contributed by atoms with Crippen LogP contribution in [0.3, 0.4) is 0 Å². The van der Waals surface area contributed by atoms with Crippen molar-refractivity contribution in [1.29, 1.82) is 0 Å². The fourth-order valence-corrected chi connectivity index (χ4v) is 5.67. The Balaban J connectivity index is 1.37. The van der Waals surface area contributed by atoms with E-state index in [0.29, 0.717) is 24.0 Å². The predicted octanol–water partition coefficient (Wildman–Crippen LogP) is 7.90. The summed E-state index contributed by atoms with van der Waals surface area (Å²) in [4.78, 5) is 0. The Hall–Kier alpha value is -2.34. The zero-order chi connectivity index (χ0) is 24.9. The third-order valence-corrected chi connectivity index (χ3v) is 7.82. The number of ether oxygens (including phenoxy) is 1. The third-order valence-electron chi connectivity index (χ3n) is 7.82. The average Bonchev–Trinajstić information content (AvgIpc) is 2.88. The molecule has 2 aromatic carbocycles. The Kier molecular flexibility index (Phi) is 8.53. The van der Waals surface area contributed by atoms with Crippen LogP contribution >= 0.6 is 0 Å². The molecule has 6 heteroatoms. The Morgan fingerprint density at radius 3 is 1.94 bits per heavy atom. The second-order valence-corrected chi connectivity index (χ2v) is 9.96. The van der Waals surface area contributed by atoms with Gasteiger partial charge in [0, 0.05) is 12.2 Å². The Morgan fingerprint density at radius 1 is 0.771 bits per heavy atom. The van der Waals surface area contributed by atoms with Crippen molar-refractivity contribution in [2.45, 2.75) is 70.1 Å². The molecule has 0 atom stereocenters. The van der Waals surface area contributed by atoms with E-state index in [-0.39, 0.29) is 48.2 Å². The van der Waals surface area contributed by atoms with E-state index < -0.39 is 23.3 Å². The molecule has 0 saturated heterocycles. The molecule has 1 N–H and O–H groups in total. The first-order valence-corrected chi connectivity index (χ1v) is 12.8. The molecule has 0 heterocycles. The molecular weight excluding hydrogens is 456 g/mol. The monoisotopic (exact) mass is 490 g/mol. The first-order chi connectivity index (χ1) is 16.9. The van der Waals surface area contributed by atoms with Crippen LogP contribution in [0.2, 0.25) is 0 Å². The van der Waals surface area contributed by atoms with Gasteiger partial charge in [-0.3, -0.25) is 0 Å². The second-order valence-electron chi connectivity index (χ2n) is 9.96. The predicted molar refractivity (Wildman–Crippen MR) is 129 cm³/mol. The van der Waals surface area contributed by atoms with Gasteiger partial charge in [-0.05, 0) is 99.2 Å². The molecule has 2 aliphatic rings. The van der Waals surface area contributed by atoms with E-state index in [0.717, 1.165) is 38.5 Å². The van der Waals surface area contributed by atoms with Gasteiger partial charge in [0.1, 0.15) is 0 Å². The molecule has 2 saturated carbocycles. The fourth-order valence-electron chi connectivity index (χ4n) is 5.67. The summed E-state index contributed by atoms with van der Waals surface area (Å²) in [7, 11) is 0. The number of hydrogen-bond acceptors (Lipinski definition) is 2. The third kappa shape index (κ3) is 5.74. The van der Waals surface area contributed by atoms with E-state index in [1.165, 1.54) is 6.07 Å². The summed E-state index contributed by atoms with van der Waals surface area (Å²) < 4.78 is 63.6. The van der Waals surface area contributed by atoms with Crippen LogP contribution in [-0.4, -0.2) is 18.3 Å². The van der Waals surface area contributed by atoms with Crippen LogP contribution in [0, 0.1) is 35.1 Å². The van der Waals surface area contributed by atoms with Crippen LogP contribution < -0.4 is 4.74 Å². The lowest BCUT2D eigenvalue weighted by Crippen LogP contribution is -2.17. The lowest BCUT2D eigenvalue weighted by Gasteiger charge is -2.28. The van der Waals surface area contributed by atoms with Crippen molar-refractivity contribution < 1.29 is 27.4 Å². The maximum absolute atomic E-state index is 14.8. The molecule has 2 nitrogen and oxygen atoms in total. The Labute approximate surface area is 205 Å². The first kappa shape index (κ1) is 25.7. The molecule has 2 aromatic rings. The maximum atomic E-state index is 14.8. The molecule has 2 fully saturated rings. The van der Waals surface area contributed by atoms with Crippen molar-refractivity contribution in [2.24, 2.45) is 11.8 Å². The number of aliphatic hydroxyl groups excluding tert-OH is 1. The van der Waals surface area contributed by atoms with Gasteiger partial charge in [0.05, 0.1) is 6.61 Å². The summed E-state index contributed by atoms with van der Waals surface area (Å²) >= 11 is 0. The zero-order valence-electron chi connectivity index (χ0n) is 20.2. The smallest absolute Gasteiger partial charge is 0.200 e. The van der Waals surface area contributed by atoms with Gasteiger partial charge < -0.3 is 9.84 Å². The largest absolute Gasteiger partial charge is 0.491 e. The van der Waals surface area contributed by atoms with Gasteiger partial charge in [-0.1, -0.05) is 30.4 Å². The molecule has 0 aliphatic heterocycles. The van der Waals surface area contributed by atoms with E-state index in [1.54, 1.807) is 31.2 Å². The average molecular weight is 491 g/mol. The molecule has 0 bridgehead atoms. The molecule has 0 aromatic heterocycles. The van der Waals surface area contributed by atoms with Crippen LogP contribution in [0.1, 0.15) is 86.8 Å². The minimum absolute atomic E-state index is 0.00607. The van der Waals surface area contributed by atoms with Crippen LogP contribution in [0.15, 0.2) is 30.3 Å². The van der Waals surface area contributed by atoms with E-state index >= 15 is 0 Å². The van der Waals surface area contributed by atoms with Crippen LogP contribution in [-0.2, 0) is 0 Å². The van der Waals surface area contributed by atoms with Gasteiger partial charge in [-0.15, -0.1) is 0 Å². The van der Waals surface area contributed by atoms with Crippen LogP contribution in [0.25, 0.3) is 6.08 Å². The fraction of sp³-hybridized carbons (Fsp3) is 0.517. The van der Waals surface area contributed by atoms with Crippen LogP contribution in [0.4, 0.5) is 17.6 Å². The summed E-state index contributed by atoms with van der Waals surface area (Å²) in [5, 5.41) is 9.30. The quantitative estimate of drug-likeness (QED) is 0.400. The SMILES string of the molecule is CCOc1ccc(C2CCC(/C=C/c3ccc(C4CCC(CO)CC4)c(F)c3F)CC2)c(F)c1F. The minimum atomic E-state index is -0.936. The summed E-state index contributed by atoms with van der Waals surface area (Å²) in [6.45, 7) is 2.15. The zero-order valence-corrected chi connectivity index (χ0v) is 20.2. The van der Waals surface area contributed by atoms with Gasteiger partial charge >= 0.3 is 0 Å². The van der Waals surface area contributed by atoms with E-state index in [2.05, 4.69) is 0 Å². The first-order valence-electron chi connectivity index (χ1n) is 12.8. The molecular formula is C29H34F4O2. The highest BCUT2D eigenvalue weighted by atomic mass is 19.2. The molecule has 0 spiro atoms. The van der Waals surface area contributed by atoms with Crippen molar-refractivity contribution in [3.05, 3.63) is 70.3 Å². The number of benzene rings is 2. The summed E-state index contributed by atoms with van der Waals surface area (Å²) in [6.07, 6.45) is 9.69. The maximum Gasteiger partial charge on any atom is 0.200 e. The summed E-state index contributed by atoms with van der Waals surface area (Å²) in [6, 6.07) is 6.44. The van der Waals surface area contributed by atoms with Gasteiger partial charge in [0.2, 0.25) is 5.82 Å². The normalized spacial score (nSPS) is 25.2. The number of allylic oxidation sites excluding steroid dienone is 1. The van der Waals surface area contributed by atoms with Gasteiger partial charge in [0.25, 0.3) is 0 Å². The van der Waals surface area contributed by atoms with Crippen molar-refractivity contribution in [2.75, 3.05) is 13.2 Å². The van der Waals surface area contributed by atoms with Gasteiger partial charge in [0.15, 0.2) is 23.2 Å². The van der Waals surface area contributed by atoms with Crippen LogP contribution in [0.5, 0.6) is 5.75 Å². The highest BCUT2D eigenvalue weighted by molar-refractivity contribution is 5.52. The minimum Gasteiger partial charge on any atom is -0.491 e. The summed E-state index contributed by atoms with van der Waals surface area (Å²) in [5.41, 5.74) is 1.04. The number of rotatable bonds is 7. The lowest BCUT2D eigenvalue weighted by molar-refractivity contribution is 0.181. The highest BCUT2D eigenvalue weighted by Gasteiger charge is 2.27. The molecule has 190 valence electrons. The van der Waals surface area contributed by atoms with Crippen molar-refractivity contribution >= 4 is 6.08 Å². The standard InChI is InChI=1S/C29H34F4O2/c1-2-35-25-16-15-24(28(32)29(25)33)20-8-3-18(4-9-20)5-12-22-13-14-23(27(31)26(22)30)21-10-6-19(17-34)7-11-21/h5,12-16,18-21,34H,2-4,6-11,17H2,1H3/b12-5+. The molecule has 2 aliphatic carbocycles. The number of halogens is 4. The van der Waals surface area contributed by atoms with E-state index in [1.807, 2.05) is 6.08 Å². The van der Waals surface area contributed by atoms with E-state index in [9.17, 15) is 22.7 Å².